The van der Waals surface area contributed by atoms with Crippen molar-refractivity contribution in [2.24, 2.45) is 0 Å². The van der Waals surface area contributed by atoms with Gasteiger partial charge in [0.2, 0.25) is 0 Å². The maximum Gasteiger partial charge on any atom is 0.302 e. The van der Waals surface area contributed by atoms with Crippen LogP contribution in [0, 0.1) is 0 Å². The minimum atomic E-state index is -0.310. The van der Waals surface area contributed by atoms with Crippen LogP contribution in [-0.2, 0) is 66.4 Å². The van der Waals surface area contributed by atoms with E-state index in [0.29, 0.717) is 152 Å². The van der Waals surface area contributed by atoms with Crippen LogP contribution in [0.15, 0.2) is 0 Å². The Balaban J connectivity index is 3.06. The predicted octanol–water partition coefficient (Wildman–Crippen LogP) is 7.01. The van der Waals surface area contributed by atoms with Gasteiger partial charge in [-0.05, 0) is 6.42 Å². The van der Waals surface area contributed by atoms with E-state index < -0.39 is 0 Å². The summed E-state index contributed by atoms with van der Waals surface area (Å²) in [6.07, 6.45) is 22.1. The van der Waals surface area contributed by atoms with Crippen LogP contribution in [0.3, 0.4) is 0 Å². The predicted molar refractivity (Wildman–Crippen MR) is 226 cm³/mol. The van der Waals surface area contributed by atoms with Gasteiger partial charge >= 0.3 is 5.97 Å². The van der Waals surface area contributed by atoms with Crippen LogP contribution in [0.5, 0.6) is 0 Å². The van der Waals surface area contributed by atoms with Gasteiger partial charge in [-0.15, -0.1) is 0 Å². The molecule has 0 aliphatic rings. The Morgan fingerprint density at radius 1 is 0.241 bits per heavy atom. The highest BCUT2D eigenvalue weighted by Crippen LogP contribution is 2.13. The van der Waals surface area contributed by atoms with Crippen molar-refractivity contribution in [3.8, 4) is 0 Å². The fourth-order valence-corrected chi connectivity index (χ4v) is 5.52. The summed E-state index contributed by atoms with van der Waals surface area (Å²) in [7, 11) is 0. The molecule has 0 heterocycles. The van der Waals surface area contributed by atoms with Gasteiger partial charge in [0.25, 0.3) is 0 Å². The van der Waals surface area contributed by atoms with Gasteiger partial charge < -0.3 is 61.6 Å². The van der Waals surface area contributed by atoms with Crippen LogP contribution < -0.4 is 0 Å². The first-order chi connectivity index (χ1) is 28.8. The number of hydrogen-bond donors (Lipinski definition) is 0. The van der Waals surface area contributed by atoms with Crippen molar-refractivity contribution in [2.75, 3.05) is 165 Å². The van der Waals surface area contributed by atoms with E-state index in [1.165, 1.54) is 103 Å². The Morgan fingerprint density at radius 3 is 0.621 bits per heavy atom. The molecule has 0 amide bonds. The summed E-state index contributed by atoms with van der Waals surface area (Å²) < 4.78 is 70.7. The van der Waals surface area contributed by atoms with Gasteiger partial charge in [0.15, 0.2) is 0 Å². The molecule has 0 spiro atoms. The van der Waals surface area contributed by atoms with E-state index in [1.54, 1.807) is 0 Å². The van der Waals surface area contributed by atoms with Crippen molar-refractivity contribution in [3.05, 3.63) is 0 Å². The van der Waals surface area contributed by atoms with Gasteiger partial charge in [-0.3, -0.25) is 4.79 Å². The highest BCUT2D eigenvalue weighted by molar-refractivity contribution is 5.65. The molecule has 0 fully saturated rings. The Labute approximate surface area is 353 Å². The zero-order valence-corrected chi connectivity index (χ0v) is 37.2. The van der Waals surface area contributed by atoms with Crippen LogP contribution in [0.4, 0.5) is 0 Å². The molecular weight excluding hydrogens is 752 g/mol. The van der Waals surface area contributed by atoms with Crippen molar-refractivity contribution in [2.45, 2.75) is 117 Å². The van der Waals surface area contributed by atoms with Crippen molar-refractivity contribution in [1.29, 1.82) is 0 Å². The molecule has 0 unspecified atom stereocenters. The number of rotatable bonds is 53. The molecule has 14 heteroatoms. The number of hydrogen-bond acceptors (Lipinski definition) is 14. The van der Waals surface area contributed by atoms with Crippen LogP contribution in [-0.4, -0.2) is 171 Å². The fraction of sp³-hybridized carbons (Fsp3) is 0.977. The first-order valence-electron chi connectivity index (χ1n) is 22.8. The Hall–Kier alpha value is -1.01. The zero-order chi connectivity index (χ0) is 41.8. The number of ether oxygens (including phenoxy) is 13. The van der Waals surface area contributed by atoms with E-state index >= 15 is 0 Å². The molecule has 14 nitrogen and oxygen atoms in total. The molecule has 0 saturated heterocycles. The number of unbranched alkanes of at least 4 members (excludes halogenated alkanes) is 15. The van der Waals surface area contributed by atoms with E-state index in [-0.39, 0.29) is 12.6 Å². The van der Waals surface area contributed by atoms with E-state index in [0.717, 1.165) is 13.0 Å². The van der Waals surface area contributed by atoms with Crippen molar-refractivity contribution >= 4 is 5.97 Å². The largest absolute Gasteiger partial charge is 0.463 e. The van der Waals surface area contributed by atoms with Crippen molar-refractivity contribution in [1.82, 2.24) is 0 Å². The molecule has 0 radical (unpaired) electrons. The molecule has 348 valence electrons. The van der Waals surface area contributed by atoms with Crippen LogP contribution in [0.2, 0.25) is 0 Å². The van der Waals surface area contributed by atoms with Gasteiger partial charge in [-0.25, -0.2) is 0 Å². The Bertz CT molecular complexity index is 751. The second kappa shape index (κ2) is 54.0. The van der Waals surface area contributed by atoms with E-state index in [1.807, 2.05) is 0 Å². The standard InChI is InChI=1S/C44H88O14/c1-3-4-5-6-7-8-9-10-11-12-13-14-15-16-17-18-19-46-20-21-47-22-23-48-24-25-49-26-27-50-28-29-51-30-31-52-32-33-53-34-35-54-36-37-55-38-39-56-40-41-57-42-43-58-44(2)45/h3-43H2,1-2H3. The van der Waals surface area contributed by atoms with Crippen molar-refractivity contribution in [3.63, 3.8) is 0 Å². The van der Waals surface area contributed by atoms with Gasteiger partial charge in [0.05, 0.1) is 152 Å². The SMILES string of the molecule is CCCCCCCCCCCCCCCCCCOCCOCCOCCOCCOCCOCCOCCOCCOCCOCCOCCOCCOC(C)=O. The molecule has 0 saturated carbocycles. The molecule has 0 aromatic carbocycles. The van der Waals surface area contributed by atoms with E-state index in [2.05, 4.69) is 6.92 Å². The topological polar surface area (TPSA) is 137 Å². The average molecular weight is 841 g/mol. The minimum absolute atomic E-state index is 0.259. The molecule has 0 aliphatic heterocycles. The number of carbonyl (C=O) groups excluding carboxylic acids is 1. The molecule has 0 aromatic rings. The quantitative estimate of drug-likeness (QED) is 0.0459. The monoisotopic (exact) mass is 841 g/mol. The summed E-state index contributed by atoms with van der Waals surface area (Å²) in [5.74, 6) is -0.310. The summed E-state index contributed by atoms with van der Waals surface area (Å²) in [6, 6.07) is 0. The maximum atomic E-state index is 10.6. The molecular formula is C44H88O14. The molecule has 0 rings (SSSR count). The Kier molecular flexibility index (Phi) is 53.1. The Morgan fingerprint density at radius 2 is 0.414 bits per heavy atom. The normalized spacial score (nSPS) is 11.6. The van der Waals surface area contributed by atoms with E-state index in [4.69, 9.17) is 61.6 Å². The smallest absolute Gasteiger partial charge is 0.302 e. The first-order valence-corrected chi connectivity index (χ1v) is 22.8. The van der Waals surface area contributed by atoms with Gasteiger partial charge in [-0.2, -0.15) is 0 Å². The number of esters is 1. The second-order valence-corrected chi connectivity index (χ2v) is 14.0. The summed E-state index contributed by atoms with van der Waals surface area (Å²) in [5.41, 5.74) is 0. The third-order valence-corrected chi connectivity index (χ3v) is 8.77. The lowest BCUT2D eigenvalue weighted by Gasteiger charge is -2.09. The average Bonchev–Trinajstić information content (AvgIpc) is 3.22. The third-order valence-electron chi connectivity index (χ3n) is 8.77. The highest BCUT2D eigenvalue weighted by Gasteiger charge is 1.99. The lowest BCUT2D eigenvalue weighted by atomic mass is 10.0. The highest BCUT2D eigenvalue weighted by atomic mass is 16.6. The molecule has 0 atom stereocenters. The zero-order valence-electron chi connectivity index (χ0n) is 37.2. The van der Waals surface area contributed by atoms with Crippen LogP contribution >= 0.6 is 0 Å². The molecule has 58 heavy (non-hydrogen) atoms. The van der Waals surface area contributed by atoms with Gasteiger partial charge in [0, 0.05) is 13.5 Å². The fourth-order valence-electron chi connectivity index (χ4n) is 5.52. The van der Waals surface area contributed by atoms with Crippen molar-refractivity contribution < 1.29 is 66.4 Å². The summed E-state index contributed by atoms with van der Waals surface area (Å²) >= 11 is 0. The molecule has 0 aromatic heterocycles. The van der Waals surface area contributed by atoms with Gasteiger partial charge in [-0.1, -0.05) is 103 Å². The van der Waals surface area contributed by atoms with Gasteiger partial charge in [0.1, 0.15) is 6.61 Å². The first kappa shape index (κ1) is 57.0. The summed E-state index contributed by atoms with van der Waals surface area (Å²) in [5, 5.41) is 0. The van der Waals surface area contributed by atoms with E-state index in [9.17, 15) is 4.79 Å². The second-order valence-electron chi connectivity index (χ2n) is 14.0. The summed E-state index contributed by atoms with van der Waals surface area (Å²) in [6.45, 7) is 16.5. The van der Waals surface area contributed by atoms with Crippen LogP contribution in [0.25, 0.3) is 0 Å². The third kappa shape index (κ3) is 55.0. The number of carbonyl (C=O) groups is 1. The lowest BCUT2D eigenvalue weighted by molar-refractivity contribution is -0.142. The lowest BCUT2D eigenvalue weighted by Crippen LogP contribution is -2.15. The van der Waals surface area contributed by atoms with Crippen LogP contribution in [0.1, 0.15) is 117 Å². The molecule has 0 bridgehead atoms. The summed E-state index contributed by atoms with van der Waals surface area (Å²) in [4.78, 5) is 10.6. The molecule has 0 aliphatic carbocycles. The maximum absolute atomic E-state index is 10.6. The minimum Gasteiger partial charge on any atom is -0.463 e. The molecule has 0 N–H and O–H groups in total.